The van der Waals surface area contributed by atoms with Crippen LogP contribution in [-0.2, 0) is 7.05 Å². The van der Waals surface area contributed by atoms with Crippen molar-refractivity contribution in [2.75, 3.05) is 0 Å². The Morgan fingerprint density at radius 3 is 2.95 bits per heavy atom. The Morgan fingerprint density at radius 2 is 2.21 bits per heavy atom. The maximum absolute atomic E-state index is 12.2. The molecule has 0 bridgehead atoms. The number of fused-ring (bicyclic) bond motifs is 1. The van der Waals surface area contributed by atoms with Gasteiger partial charge in [0.25, 0.3) is 0 Å². The molecule has 0 saturated carbocycles. The Hall–Kier alpha value is -2.21. The molecule has 96 valence electrons. The van der Waals surface area contributed by atoms with Crippen LogP contribution in [-0.4, -0.2) is 20.7 Å². The molecule has 1 aromatic carbocycles. The van der Waals surface area contributed by atoms with Crippen molar-refractivity contribution in [3.63, 3.8) is 0 Å². The largest absolute Gasteiger partial charge is 0.404 e. The fourth-order valence-electron chi connectivity index (χ4n) is 1.90. The third-order valence-electron chi connectivity index (χ3n) is 2.95. The van der Waals surface area contributed by atoms with Crippen molar-refractivity contribution in [3.05, 3.63) is 41.0 Å². The fourth-order valence-corrected chi connectivity index (χ4v) is 2.64. The van der Waals surface area contributed by atoms with E-state index in [-0.39, 0.29) is 0 Å². The third-order valence-corrected chi connectivity index (χ3v) is 3.74. The standard InChI is InChI=1S/C13H11N3O2S/c1-8-9(3-4-10-12(8)14-7-19-10)13(17)18-11-5-6-15-16(11)2/h3-7H,1-2H3. The molecule has 0 unspecified atom stereocenters. The lowest BCUT2D eigenvalue weighted by Gasteiger charge is -2.07. The van der Waals surface area contributed by atoms with Crippen LogP contribution >= 0.6 is 11.3 Å². The van der Waals surface area contributed by atoms with E-state index < -0.39 is 5.97 Å². The molecule has 0 spiro atoms. The van der Waals surface area contributed by atoms with Gasteiger partial charge in [0, 0.05) is 13.1 Å². The van der Waals surface area contributed by atoms with Gasteiger partial charge in [0.2, 0.25) is 5.88 Å². The topological polar surface area (TPSA) is 57.0 Å². The molecule has 3 rings (SSSR count). The minimum absolute atomic E-state index is 0.393. The zero-order valence-corrected chi connectivity index (χ0v) is 11.3. The molecule has 0 aliphatic heterocycles. The molecule has 2 aromatic heterocycles. The predicted octanol–water partition coefficient (Wildman–Crippen LogP) is 2.56. The first-order chi connectivity index (χ1) is 9.16. The molecule has 0 aliphatic rings. The minimum Gasteiger partial charge on any atom is -0.404 e. The Kier molecular flexibility index (Phi) is 2.79. The molecule has 0 fully saturated rings. The van der Waals surface area contributed by atoms with Crippen molar-refractivity contribution >= 4 is 27.5 Å². The van der Waals surface area contributed by atoms with Gasteiger partial charge in [-0.25, -0.2) is 14.5 Å². The molecule has 0 N–H and O–H groups in total. The van der Waals surface area contributed by atoms with E-state index in [0.717, 1.165) is 15.8 Å². The number of nitrogens with zero attached hydrogens (tertiary/aromatic N) is 3. The van der Waals surface area contributed by atoms with Gasteiger partial charge in [-0.3, -0.25) is 0 Å². The van der Waals surface area contributed by atoms with E-state index in [2.05, 4.69) is 10.1 Å². The highest BCUT2D eigenvalue weighted by atomic mass is 32.1. The van der Waals surface area contributed by atoms with Crippen LogP contribution in [0.15, 0.2) is 29.9 Å². The number of thiazole rings is 1. The maximum Gasteiger partial charge on any atom is 0.345 e. The molecule has 5 nitrogen and oxygen atoms in total. The van der Waals surface area contributed by atoms with Gasteiger partial charge >= 0.3 is 5.97 Å². The second-order valence-corrected chi connectivity index (χ2v) is 5.01. The lowest BCUT2D eigenvalue weighted by atomic mass is 10.1. The summed E-state index contributed by atoms with van der Waals surface area (Å²) < 4.78 is 7.89. The van der Waals surface area contributed by atoms with Crippen LogP contribution in [0.5, 0.6) is 5.88 Å². The summed E-state index contributed by atoms with van der Waals surface area (Å²) in [5, 5.41) is 3.96. The van der Waals surface area contributed by atoms with Crippen LogP contribution < -0.4 is 4.74 Å². The lowest BCUT2D eigenvalue weighted by molar-refractivity contribution is 0.0719. The van der Waals surface area contributed by atoms with Crippen LogP contribution in [0.2, 0.25) is 0 Å². The van der Waals surface area contributed by atoms with Gasteiger partial charge in [-0.1, -0.05) is 0 Å². The summed E-state index contributed by atoms with van der Waals surface area (Å²) in [6, 6.07) is 5.31. The molecule has 0 radical (unpaired) electrons. The van der Waals surface area contributed by atoms with Crippen molar-refractivity contribution in [3.8, 4) is 5.88 Å². The van der Waals surface area contributed by atoms with Gasteiger partial charge in [0.05, 0.1) is 27.5 Å². The Labute approximate surface area is 113 Å². The number of carbonyl (C=O) groups excluding carboxylic acids is 1. The van der Waals surface area contributed by atoms with Gasteiger partial charge in [-0.05, 0) is 24.6 Å². The predicted molar refractivity (Wildman–Crippen MR) is 72.5 cm³/mol. The number of hydrogen-bond acceptors (Lipinski definition) is 5. The molecule has 0 amide bonds. The number of hydrogen-bond donors (Lipinski definition) is 0. The smallest absolute Gasteiger partial charge is 0.345 e. The maximum atomic E-state index is 12.2. The van der Waals surface area contributed by atoms with E-state index in [1.54, 1.807) is 42.2 Å². The molecular formula is C13H11N3O2S. The first-order valence-electron chi connectivity index (χ1n) is 5.70. The highest BCUT2D eigenvalue weighted by Gasteiger charge is 2.16. The van der Waals surface area contributed by atoms with Gasteiger partial charge in [-0.15, -0.1) is 11.3 Å². The molecule has 6 heteroatoms. The molecule has 19 heavy (non-hydrogen) atoms. The van der Waals surface area contributed by atoms with Crippen molar-refractivity contribution < 1.29 is 9.53 Å². The Balaban J connectivity index is 1.97. The van der Waals surface area contributed by atoms with Gasteiger partial charge in [0.1, 0.15) is 0 Å². The van der Waals surface area contributed by atoms with E-state index in [0.29, 0.717) is 11.4 Å². The summed E-state index contributed by atoms with van der Waals surface area (Å²) in [4.78, 5) is 16.4. The monoisotopic (exact) mass is 273 g/mol. The number of aryl methyl sites for hydroxylation is 2. The first kappa shape index (κ1) is 11.9. The number of rotatable bonds is 2. The van der Waals surface area contributed by atoms with Crippen LogP contribution in [0, 0.1) is 6.92 Å². The Bertz CT molecular complexity index is 760. The van der Waals surface area contributed by atoms with E-state index in [4.69, 9.17) is 4.74 Å². The van der Waals surface area contributed by atoms with Crippen molar-refractivity contribution in [2.24, 2.45) is 7.05 Å². The van der Waals surface area contributed by atoms with Crippen LogP contribution in [0.4, 0.5) is 0 Å². The van der Waals surface area contributed by atoms with Crippen LogP contribution in [0.3, 0.4) is 0 Å². The summed E-state index contributed by atoms with van der Waals surface area (Å²) in [7, 11) is 1.72. The van der Waals surface area contributed by atoms with Crippen molar-refractivity contribution in [1.82, 2.24) is 14.8 Å². The molecular weight excluding hydrogens is 262 g/mol. The Morgan fingerprint density at radius 1 is 1.37 bits per heavy atom. The highest BCUT2D eigenvalue weighted by molar-refractivity contribution is 7.16. The van der Waals surface area contributed by atoms with E-state index in [1.807, 2.05) is 13.0 Å². The average Bonchev–Trinajstić information content (AvgIpc) is 3.00. The van der Waals surface area contributed by atoms with Crippen LogP contribution in [0.1, 0.15) is 15.9 Å². The number of esters is 1. The molecule has 0 aliphatic carbocycles. The molecule has 0 atom stereocenters. The van der Waals surface area contributed by atoms with Crippen molar-refractivity contribution in [2.45, 2.75) is 6.92 Å². The van der Waals surface area contributed by atoms with E-state index >= 15 is 0 Å². The second-order valence-electron chi connectivity index (χ2n) is 4.12. The third kappa shape index (κ3) is 2.00. The highest BCUT2D eigenvalue weighted by Crippen LogP contribution is 2.24. The number of aromatic nitrogens is 3. The SMILES string of the molecule is Cc1c(C(=O)Oc2ccnn2C)ccc2scnc12. The summed E-state index contributed by atoms with van der Waals surface area (Å²) in [6.45, 7) is 1.88. The van der Waals surface area contributed by atoms with Gasteiger partial charge in [-0.2, -0.15) is 5.10 Å². The average molecular weight is 273 g/mol. The zero-order valence-electron chi connectivity index (χ0n) is 10.5. The van der Waals surface area contributed by atoms with Gasteiger partial charge in [0.15, 0.2) is 0 Å². The lowest BCUT2D eigenvalue weighted by Crippen LogP contribution is -2.12. The summed E-state index contributed by atoms with van der Waals surface area (Å²) in [6.07, 6.45) is 1.58. The van der Waals surface area contributed by atoms with Crippen molar-refractivity contribution in [1.29, 1.82) is 0 Å². The van der Waals surface area contributed by atoms with Crippen LogP contribution in [0.25, 0.3) is 10.2 Å². The number of benzene rings is 1. The summed E-state index contributed by atoms with van der Waals surface area (Å²) in [5.41, 5.74) is 3.99. The first-order valence-corrected chi connectivity index (χ1v) is 6.58. The second kappa shape index (κ2) is 4.47. The zero-order chi connectivity index (χ0) is 13.4. The normalized spacial score (nSPS) is 10.8. The van der Waals surface area contributed by atoms with E-state index in [1.165, 1.54) is 4.68 Å². The van der Waals surface area contributed by atoms with Gasteiger partial charge < -0.3 is 4.74 Å². The minimum atomic E-state index is -0.393. The molecule has 3 aromatic rings. The van der Waals surface area contributed by atoms with E-state index in [9.17, 15) is 4.79 Å². The summed E-state index contributed by atoms with van der Waals surface area (Å²) >= 11 is 1.55. The number of carbonyl (C=O) groups is 1. The number of ether oxygens (including phenoxy) is 1. The molecule has 2 heterocycles. The quantitative estimate of drug-likeness (QED) is 0.673. The molecule has 0 saturated heterocycles. The fraction of sp³-hybridized carbons (Fsp3) is 0.154. The summed E-state index contributed by atoms with van der Waals surface area (Å²) in [5.74, 6) is 0.0266.